The third-order valence-electron chi connectivity index (χ3n) is 4.19. The molecule has 0 aromatic carbocycles. The van der Waals surface area contributed by atoms with E-state index in [0.29, 0.717) is 6.54 Å². The van der Waals surface area contributed by atoms with Gasteiger partial charge in [-0.2, -0.15) is 0 Å². The van der Waals surface area contributed by atoms with Crippen LogP contribution in [-0.2, 0) is 7.05 Å². The number of nitrogens with zero attached hydrogens (tertiary/aromatic N) is 5. The first kappa shape index (κ1) is 15.2. The molecule has 1 atom stereocenters. The van der Waals surface area contributed by atoms with E-state index < -0.39 is 0 Å². The van der Waals surface area contributed by atoms with E-state index in [9.17, 15) is 4.79 Å². The predicted octanol–water partition coefficient (Wildman–Crippen LogP) is 1.62. The number of aryl methyl sites for hydroxylation is 3. The van der Waals surface area contributed by atoms with Gasteiger partial charge < -0.3 is 9.47 Å². The van der Waals surface area contributed by atoms with Crippen LogP contribution in [0.2, 0.25) is 0 Å². The van der Waals surface area contributed by atoms with Gasteiger partial charge in [-0.1, -0.05) is 0 Å². The van der Waals surface area contributed by atoms with E-state index in [0.717, 1.165) is 34.5 Å². The van der Waals surface area contributed by atoms with E-state index in [1.807, 2.05) is 36.6 Å². The molecule has 0 unspecified atom stereocenters. The highest BCUT2D eigenvalue weighted by Gasteiger charge is 2.32. The molecule has 3 rings (SSSR count). The number of imidazole rings is 1. The second kappa shape index (κ2) is 5.81. The number of likely N-dealkylation sites (N-methyl/N-ethyl adjacent to an activating group) is 1. The second-order valence-electron chi connectivity index (χ2n) is 5.79. The fourth-order valence-electron chi connectivity index (χ4n) is 2.91. The zero-order valence-electron chi connectivity index (χ0n) is 13.4. The van der Waals surface area contributed by atoms with Gasteiger partial charge in [0.2, 0.25) is 0 Å². The normalized spacial score (nSPS) is 19.6. The van der Waals surface area contributed by atoms with Gasteiger partial charge in [0.05, 0.1) is 16.7 Å². The molecule has 22 heavy (non-hydrogen) atoms. The van der Waals surface area contributed by atoms with Gasteiger partial charge in [0.1, 0.15) is 10.7 Å². The Morgan fingerprint density at radius 3 is 2.68 bits per heavy atom. The Kier molecular flexibility index (Phi) is 4.01. The van der Waals surface area contributed by atoms with Crippen molar-refractivity contribution in [2.75, 3.05) is 26.7 Å². The van der Waals surface area contributed by atoms with Crippen molar-refractivity contribution in [1.29, 1.82) is 0 Å². The van der Waals surface area contributed by atoms with E-state index in [2.05, 4.69) is 21.9 Å². The second-order valence-corrected chi connectivity index (χ2v) is 6.99. The van der Waals surface area contributed by atoms with Crippen molar-refractivity contribution < 1.29 is 4.79 Å². The van der Waals surface area contributed by atoms with Crippen molar-refractivity contribution in [3.63, 3.8) is 0 Å². The van der Waals surface area contributed by atoms with Crippen LogP contribution in [0.15, 0.2) is 12.4 Å². The quantitative estimate of drug-likeness (QED) is 0.844. The average Bonchev–Trinajstić information content (AvgIpc) is 3.04. The van der Waals surface area contributed by atoms with Gasteiger partial charge in [0.15, 0.2) is 0 Å². The Balaban J connectivity index is 1.83. The fourth-order valence-corrected chi connectivity index (χ4v) is 3.80. The van der Waals surface area contributed by atoms with Gasteiger partial charge in [-0.15, -0.1) is 11.3 Å². The molecule has 3 heterocycles. The van der Waals surface area contributed by atoms with Crippen LogP contribution in [0, 0.1) is 13.8 Å². The number of carbonyl (C=O) groups excluding carboxylic acids is 1. The maximum atomic E-state index is 12.8. The molecule has 0 bridgehead atoms. The molecule has 0 aliphatic carbocycles. The van der Waals surface area contributed by atoms with E-state index in [4.69, 9.17) is 0 Å². The average molecular weight is 319 g/mol. The van der Waals surface area contributed by atoms with Crippen molar-refractivity contribution in [2.24, 2.45) is 7.05 Å². The number of hydrogen-bond donors (Lipinski definition) is 0. The van der Waals surface area contributed by atoms with Crippen molar-refractivity contribution in [2.45, 2.75) is 19.9 Å². The summed E-state index contributed by atoms with van der Waals surface area (Å²) in [5.41, 5.74) is 0.833. The fraction of sp³-hybridized carbons (Fsp3) is 0.533. The molecule has 0 N–H and O–H groups in total. The molecule has 1 fully saturated rings. The smallest absolute Gasteiger partial charge is 0.265 e. The maximum absolute atomic E-state index is 12.8. The van der Waals surface area contributed by atoms with Crippen LogP contribution in [0.25, 0.3) is 0 Å². The van der Waals surface area contributed by atoms with Crippen molar-refractivity contribution in [1.82, 2.24) is 24.3 Å². The highest BCUT2D eigenvalue weighted by Crippen LogP contribution is 2.26. The summed E-state index contributed by atoms with van der Waals surface area (Å²) in [6.45, 7) is 6.10. The zero-order chi connectivity index (χ0) is 15.9. The van der Waals surface area contributed by atoms with Crippen LogP contribution in [0.4, 0.5) is 0 Å². The lowest BCUT2D eigenvalue weighted by Crippen LogP contribution is -2.49. The van der Waals surface area contributed by atoms with Gasteiger partial charge >= 0.3 is 0 Å². The van der Waals surface area contributed by atoms with E-state index in [1.54, 1.807) is 6.20 Å². The summed E-state index contributed by atoms with van der Waals surface area (Å²) in [6, 6.07) is 0.132. The minimum Gasteiger partial charge on any atom is -0.337 e. The molecule has 6 nitrogen and oxygen atoms in total. The van der Waals surface area contributed by atoms with E-state index >= 15 is 0 Å². The largest absolute Gasteiger partial charge is 0.337 e. The van der Waals surface area contributed by atoms with Crippen molar-refractivity contribution in [3.05, 3.63) is 33.8 Å². The molecule has 0 radical (unpaired) electrons. The molecule has 1 aliphatic heterocycles. The molecule has 1 amide bonds. The van der Waals surface area contributed by atoms with Crippen LogP contribution in [0.1, 0.15) is 32.2 Å². The van der Waals surface area contributed by atoms with Gasteiger partial charge in [0.25, 0.3) is 5.91 Å². The predicted molar refractivity (Wildman–Crippen MR) is 86.1 cm³/mol. The molecule has 1 aliphatic rings. The van der Waals surface area contributed by atoms with Gasteiger partial charge in [-0.25, -0.2) is 9.97 Å². The molecule has 2 aromatic heterocycles. The summed E-state index contributed by atoms with van der Waals surface area (Å²) in [5, 5.41) is 0.940. The van der Waals surface area contributed by atoms with E-state index in [-0.39, 0.29) is 11.9 Å². The monoisotopic (exact) mass is 319 g/mol. The SMILES string of the molecule is Cc1nc(C)c(C(=O)N2CCN(C)[C@@H](c3nccn3C)C2)s1. The summed E-state index contributed by atoms with van der Waals surface area (Å²) in [4.78, 5) is 26.6. The lowest BCUT2D eigenvalue weighted by Gasteiger charge is -2.38. The molecule has 1 saturated heterocycles. The molecule has 0 saturated carbocycles. The topological polar surface area (TPSA) is 54.3 Å². The van der Waals surface area contributed by atoms with Crippen LogP contribution in [0.3, 0.4) is 0 Å². The summed E-state index contributed by atoms with van der Waals surface area (Å²) >= 11 is 1.48. The standard InChI is InChI=1S/C15H21N5OS/c1-10-13(22-11(2)17-10)15(21)20-8-7-18(3)12(9-20)14-16-5-6-19(14)4/h5-6,12H,7-9H2,1-4H3/t12-/m1/s1. The molecule has 118 valence electrons. The Morgan fingerprint density at radius 1 is 1.32 bits per heavy atom. The maximum Gasteiger partial charge on any atom is 0.265 e. The first-order valence-corrected chi connectivity index (χ1v) is 8.19. The third kappa shape index (κ3) is 2.66. The lowest BCUT2D eigenvalue weighted by molar-refractivity contribution is 0.0532. The first-order chi connectivity index (χ1) is 10.5. The van der Waals surface area contributed by atoms with Crippen LogP contribution in [0.5, 0.6) is 0 Å². The Hall–Kier alpha value is -1.73. The molecule has 0 spiro atoms. The number of carbonyl (C=O) groups is 1. The van der Waals surface area contributed by atoms with Crippen LogP contribution >= 0.6 is 11.3 Å². The number of thiazole rings is 1. The molecule has 2 aromatic rings. The van der Waals surface area contributed by atoms with Gasteiger partial charge in [0, 0.05) is 39.1 Å². The van der Waals surface area contributed by atoms with Crippen LogP contribution in [-0.4, -0.2) is 56.9 Å². The Morgan fingerprint density at radius 2 is 2.09 bits per heavy atom. The van der Waals surface area contributed by atoms with Crippen LogP contribution < -0.4 is 0 Å². The summed E-state index contributed by atoms with van der Waals surface area (Å²) < 4.78 is 2.03. The number of rotatable bonds is 2. The Labute approximate surface area is 134 Å². The summed E-state index contributed by atoms with van der Waals surface area (Å²) in [7, 11) is 4.08. The third-order valence-corrected chi connectivity index (χ3v) is 5.25. The van der Waals surface area contributed by atoms with Gasteiger partial charge in [-0.05, 0) is 20.9 Å². The number of aromatic nitrogens is 3. The first-order valence-electron chi connectivity index (χ1n) is 7.38. The zero-order valence-corrected chi connectivity index (χ0v) is 14.2. The highest BCUT2D eigenvalue weighted by molar-refractivity contribution is 7.13. The molecular weight excluding hydrogens is 298 g/mol. The number of hydrogen-bond acceptors (Lipinski definition) is 5. The minimum absolute atomic E-state index is 0.0930. The lowest BCUT2D eigenvalue weighted by atomic mass is 10.1. The molecular formula is C15H21N5OS. The molecule has 7 heteroatoms. The van der Waals surface area contributed by atoms with Crippen molar-refractivity contribution >= 4 is 17.2 Å². The highest BCUT2D eigenvalue weighted by atomic mass is 32.1. The number of amides is 1. The Bertz CT molecular complexity index is 692. The van der Waals surface area contributed by atoms with Crippen molar-refractivity contribution in [3.8, 4) is 0 Å². The summed E-state index contributed by atoms with van der Waals surface area (Å²) in [5.74, 6) is 1.09. The number of piperazine rings is 1. The van der Waals surface area contributed by atoms with Gasteiger partial charge in [-0.3, -0.25) is 9.69 Å². The summed E-state index contributed by atoms with van der Waals surface area (Å²) in [6.07, 6.45) is 3.75. The minimum atomic E-state index is 0.0930. The van der Waals surface area contributed by atoms with E-state index in [1.165, 1.54) is 11.3 Å².